The summed E-state index contributed by atoms with van der Waals surface area (Å²) in [5.41, 5.74) is 9.57. The van der Waals surface area contributed by atoms with E-state index in [2.05, 4.69) is 34.9 Å². The van der Waals surface area contributed by atoms with Crippen LogP contribution in [0.15, 0.2) is 35.2 Å². The lowest BCUT2D eigenvalue weighted by Crippen LogP contribution is -2.29. The van der Waals surface area contributed by atoms with Gasteiger partial charge in [0.15, 0.2) is 0 Å². The molecule has 0 aromatic carbocycles. The lowest BCUT2D eigenvalue weighted by Gasteiger charge is -2.28. The van der Waals surface area contributed by atoms with Crippen LogP contribution in [0.4, 0.5) is 5.95 Å². The average Bonchev–Trinajstić information content (AvgIpc) is 2.92. The standard InChI is InChI=1S/C15H19N5O/c1-3-10(2)21-20-8-4-5-13-14(20)11(9-18-13)12-6-7-17-15(16)19-12/h4,6-8,10H,3,5,9H2,1-2H3,(H2,16,17,19). The van der Waals surface area contributed by atoms with Crippen molar-refractivity contribution >= 4 is 17.2 Å². The number of aliphatic imine (C=N–C) groups is 1. The molecule has 110 valence electrons. The molecule has 0 saturated carbocycles. The lowest BCUT2D eigenvalue weighted by atomic mass is 10.1. The van der Waals surface area contributed by atoms with Crippen LogP contribution in [0.3, 0.4) is 0 Å². The molecule has 6 nitrogen and oxygen atoms in total. The molecule has 1 atom stereocenters. The lowest BCUT2D eigenvalue weighted by molar-refractivity contribution is -0.130. The minimum absolute atomic E-state index is 0.138. The molecule has 2 aliphatic heterocycles. The highest BCUT2D eigenvalue weighted by molar-refractivity contribution is 6.10. The zero-order valence-corrected chi connectivity index (χ0v) is 12.3. The minimum atomic E-state index is 0.138. The van der Waals surface area contributed by atoms with Gasteiger partial charge >= 0.3 is 0 Å². The van der Waals surface area contributed by atoms with Crippen molar-refractivity contribution < 1.29 is 4.84 Å². The van der Waals surface area contributed by atoms with Crippen LogP contribution in [0.1, 0.15) is 32.4 Å². The maximum atomic E-state index is 5.97. The quantitative estimate of drug-likeness (QED) is 0.917. The fourth-order valence-electron chi connectivity index (χ4n) is 2.35. The van der Waals surface area contributed by atoms with E-state index in [0.29, 0.717) is 6.54 Å². The molecule has 3 rings (SSSR count). The molecule has 0 fully saturated rings. The van der Waals surface area contributed by atoms with Gasteiger partial charge in [-0.2, -0.15) is 0 Å². The molecule has 2 aliphatic rings. The van der Waals surface area contributed by atoms with E-state index in [-0.39, 0.29) is 12.1 Å². The molecule has 0 bridgehead atoms. The third-order valence-electron chi connectivity index (χ3n) is 3.61. The van der Waals surface area contributed by atoms with Crippen molar-refractivity contribution in [2.24, 2.45) is 4.99 Å². The molecule has 3 heterocycles. The number of nitrogens with two attached hydrogens (primary N) is 1. The second-order valence-corrected chi connectivity index (χ2v) is 5.13. The third kappa shape index (κ3) is 2.67. The Bertz CT molecular complexity index is 635. The van der Waals surface area contributed by atoms with E-state index in [0.717, 1.165) is 35.5 Å². The van der Waals surface area contributed by atoms with Gasteiger partial charge in [0.2, 0.25) is 5.95 Å². The van der Waals surface area contributed by atoms with Gasteiger partial charge in [-0.1, -0.05) is 13.0 Å². The molecular weight excluding hydrogens is 266 g/mol. The number of anilines is 1. The Labute approximate surface area is 124 Å². The smallest absolute Gasteiger partial charge is 0.220 e. The fraction of sp³-hybridized carbons (Fsp3) is 0.400. The number of aromatic nitrogens is 2. The van der Waals surface area contributed by atoms with Gasteiger partial charge in [-0.25, -0.2) is 15.0 Å². The molecule has 0 spiro atoms. The average molecular weight is 285 g/mol. The number of hydrogen-bond donors (Lipinski definition) is 1. The zero-order valence-electron chi connectivity index (χ0n) is 12.3. The van der Waals surface area contributed by atoms with E-state index >= 15 is 0 Å². The van der Waals surface area contributed by atoms with Crippen molar-refractivity contribution in [2.75, 3.05) is 12.3 Å². The summed E-state index contributed by atoms with van der Waals surface area (Å²) < 4.78 is 0. The van der Waals surface area contributed by atoms with E-state index in [4.69, 9.17) is 10.6 Å². The molecule has 0 amide bonds. The summed E-state index contributed by atoms with van der Waals surface area (Å²) >= 11 is 0. The van der Waals surface area contributed by atoms with E-state index in [9.17, 15) is 0 Å². The van der Waals surface area contributed by atoms with Crippen molar-refractivity contribution in [3.8, 4) is 0 Å². The van der Waals surface area contributed by atoms with Gasteiger partial charge in [-0.15, -0.1) is 0 Å². The molecule has 0 radical (unpaired) electrons. The molecular formula is C15H19N5O. The van der Waals surface area contributed by atoms with Crippen LogP contribution in [0.2, 0.25) is 0 Å². The van der Waals surface area contributed by atoms with E-state index in [1.165, 1.54) is 0 Å². The van der Waals surface area contributed by atoms with Crippen molar-refractivity contribution in [1.29, 1.82) is 0 Å². The molecule has 6 heteroatoms. The summed E-state index contributed by atoms with van der Waals surface area (Å²) in [5.74, 6) is 0.273. The van der Waals surface area contributed by atoms with Gasteiger partial charge in [-0.05, 0) is 19.4 Å². The highest BCUT2D eigenvalue weighted by Gasteiger charge is 2.28. The van der Waals surface area contributed by atoms with Gasteiger partial charge in [0.05, 0.1) is 29.8 Å². The first-order valence-corrected chi connectivity index (χ1v) is 7.17. The van der Waals surface area contributed by atoms with Crippen LogP contribution in [0, 0.1) is 0 Å². The second kappa shape index (κ2) is 5.65. The largest absolute Gasteiger partial charge is 0.368 e. The van der Waals surface area contributed by atoms with Crippen molar-refractivity contribution in [3.63, 3.8) is 0 Å². The van der Waals surface area contributed by atoms with Crippen LogP contribution >= 0.6 is 0 Å². The SMILES string of the molecule is CCC(C)ON1C=CCC2=NCC(c3ccnc(N)n3)=C21. The maximum absolute atomic E-state index is 5.97. The maximum Gasteiger partial charge on any atom is 0.220 e. The number of hydrogen-bond acceptors (Lipinski definition) is 6. The van der Waals surface area contributed by atoms with Gasteiger partial charge < -0.3 is 5.73 Å². The van der Waals surface area contributed by atoms with E-state index in [1.807, 2.05) is 17.3 Å². The number of nitrogens with zero attached hydrogens (tertiary/aromatic N) is 4. The van der Waals surface area contributed by atoms with Crippen molar-refractivity contribution in [3.05, 3.63) is 35.9 Å². The van der Waals surface area contributed by atoms with Crippen molar-refractivity contribution in [2.45, 2.75) is 32.8 Å². The summed E-state index contributed by atoms with van der Waals surface area (Å²) in [6, 6.07) is 1.86. The molecule has 2 N–H and O–H groups in total. The first-order chi connectivity index (χ1) is 10.2. The van der Waals surface area contributed by atoms with Gasteiger partial charge in [0.25, 0.3) is 0 Å². The normalized spacial score (nSPS) is 18.8. The Morgan fingerprint density at radius 3 is 3.10 bits per heavy atom. The van der Waals surface area contributed by atoms with E-state index in [1.54, 1.807) is 6.20 Å². The monoisotopic (exact) mass is 285 g/mol. The van der Waals surface area contributed by atoms with Crippen LogP contribution in [-0.2, 0) is 4.84 Å². The van der Waals surface area contributed by atoms with Crippen LogP contribution in [0.25, 0.3) is 5.57 Å². The van der Waals surface area contributed by atoms with Crippen LogP contribution < -0.4 is 5.73 Å². The van der Waals surface area contributed by atoms with Gasteiger partial charge in [0, 0.05) is 24.4 Å². The molecule has 1 unspecified atom stereocenters. The van der Waals surface area contributed by atoms with Gasteiger partial charge in [0.1, 0.15) is 0 Å². The summed E-state index contributed by atoms with van der Waals surface area (Å²) in [6.07, 6.45) is 7.58. The number of nitrogen functional groups attached to an aromatic ring is 1. The Balaban J connectivity index is 1.99. The molecule has 0 aliphatic carbocycles. The number of fused-ring (bicyclic) bond motifs is 1. The summed E-state index contributed by atoms with van der Waals surface area (Å²) in [7, 11) is 0. The Morgan fingerprint density at radius 2 is 2.33 bits per heavy atom. The summed E-state index contributed by atoms with van der Waals surface area (Å²) in [4.78, 5) is 18.8. The molecule has 21 heavy (non-hydrogen) atoms. The predicted octanol–water partition coefficient (Wildman–Crippen LogP) is 2.17. The zero-order chi connectivity index (χ0) is 14.8. The Morgan fingerprint density at radius 1 is 1.48 bits per heavy atom. The number of rotatable bonds is 4. The van der Waals surface area contributed by atoms with Crippen LogP contribution in [0.5, 0.6) is 0 Å². The highest BCUT2D eigenvalue weighted by Crippen LogP contribution is 2.31. The Kier molecular flexibility index (Phi) is 3.70. The molecule has 1 aromatic rings. The number of allylic oxidation sites excluding steroid dienone is 2. The second-order valence-electron chi connectivity index (χ2n) is 5.13. The number of hydroxylamine groups is 2. The molecule has 0 saturated heterocycles. The first kappa shape index (κ1) is 13.8. The summed E-state index contributed by atoms with van der Waals surface area (Å²) in [6.45, 7) is 4.75. The van der Waals surface area contributed by atoms with E-state index < -0.39 is 0 Å². The predicted molar refractivity (Wildman–Crippen MR) is 82.1 cm³/mol. The Hall–Kier alpha value is -2.21. The van der Waals surface area contributed by atoms with Crippen molar-refractivity contribution in [1.82, 2.24) is 15.0 Å². The minimum Gasteiger partial charge on any atom is -0.368 e. The molecule has 1 aromatic heterocycles. The summed E-state index contributed by atoms with van der Waals surface area (Å²) in [5, 5.41) is 1.82. The highest BCUT2D eigenvalue weighted by atomic mass is 16.7. The van der Waals surface area contributed by atoms with Gasteiger partial charge in [-0.3, -0.25) is 9.83 Å². The topological polar surface area (TPSA) is 76.6 Å². The first-order valence-electron chi connectivity index (χ1n) is 7.17. The van der Waals surface area contributed by atoms with Crippen LogP contribution in [-0.4, -0.2) is 33.4 Å². The third-order valence-corrected chi connectivity index (χ3v) is 3.61. The fourth-order valence-corrected chi connectivity index (χ4v) is 2.35.